The van der Waals surface area contributed by atoms with Crippen LogP contribution in [0.2, 0.25) is 0 Å². The number of nitrogens with zero attached hydrogens (tertiary/aromatic N) is 2. The topological polar surface area (TPSA) is 102 Å². The Bertz CT molecular complexity index is 1190. The maximum Gasteiger partial charge on any atom is 0.348 e. The molecule has 10 heteroatoms. The molecule has 1 fully saturated rings. The Morgan fingerprint density at radius 1 is 1.18 bits per heavy atom. The van der Waals surface area contributed by atoms with E-state index in [1.807, 2.05) is 6.92 Å². The van der Waals surface area contributed by atoms with Crippen LogP contribution in [0.1, 0.15) is 47.8 Å². The molecule has 1 aliphatic rings. The number of benzene rings is 1. The van der Waals surface area contributed by atoms with Crippen LogP contribution in [-0.4, -0.2) is 41.1 Å². The summed E-state index contributed by atoms with van der Waals surface area (Å²) in [5.74, 6) is 0.00361. The average molecular weight is 473 g/mol. The number of rotatable bonds is 6. The van der Waals surface area contributed by atoms with Crippen LogP contribution < -0.4 is 15.4 Å². The minimum absolute atomic E-state index is 0.0359. The van der Waals surface area contributed by atoms with Crippen LogP contribution in [0, 0.1) is 12.7 Å². The summed E-state index contributed by atoms with van der Waals surface area (Å²) >= 11 is 1.23. The Balaban J connectivity index is 1.58. The quantitative estimate of drug-likeness (QED) is 0.510. The molecule has 174 valence electrons. The van der Waals surface area contributed by atoms with Gasteiger partial charge >= 0.3 is 5.97 Å². The summed E-state index contributed by atoms with van der Waals surface area (Å²) in [5, 5.41) is 6.88. The molecule has 2 heterocycles. The van der Waals surface area contributed by atoms with Crippen LogP contribution >= 0.6 is 11.3 Å². The Morgan fingerprint density at radius 3 is 2.64 bits per heavy atom. The zero-order chi connectivity index (χ0) is 23.5. The van der Waals surface area contributed by atoms with Crippen molar-refractivity contribution < 1.29 is 23.5 Å². The number of fused-ring (bicyclic) bond motifs is 1. The van der Waals surface area contributed by atoms with E-state index in [4.69, 9.17) is 9.47 Å². The first-order valence-corrected chi connectivity index (χ1v) is 11.5. The van der Waals surface area contributed by atoms with Gasteiger partial charge in [0.2, 0.25) is 5.91 Å². The first-order valence-electron chi connectivity index (χ1n) is 10.7. The lowest BCUT2D eigenvalue weighted by molar-refractivity contribution is -0.120. The molecular formula is C23H25FN4O4S. The number of aromatic nitrogens is 2. The first kappa shape index (κ1) is 22.9. The number of amides is 1. The second-order valence-corrected chi connectivity index (χ2v) is 9.01. The van der Waals surface area contributed by atoms with E-state index in [1.54, 1.807) is 6.07 Å². The van der Waals surface area contributed by atoms with Gasteiger partial charge in [-0.15, -0.1) is 11.3 Å². The number of aryl methyl sites for hydroxylation is 1. The molecule has 1 aliphatic carbocycles. The maximum absolute atomic E-state index is 14.1. The van der Waals surface area contributed by atoms with Gasteiger partial charge in [-0.25, -0.2) is 19.2 Å². The van der Waals surface area contributed by atoms with Gasteiger partial charge in [0, 0.05) is 19.0 Å². The van der Waals surface area contributed by atoms with Crippen molar-refractivity contribution in [3.8, 4) is 5.75 Å². The van der Waals surface area contributed by atoms with E-state index in [0.29, 0.717) is 37.9 Å². The number of methoxy groups -OCH3 is 1. The number of carbonyl (C=O) groups excluding carboxylic acids is 2. The molecule has 33 heavy (non-hydrogen) atoms. The minimum Gasteiger partial charge on any atom is -0.488 e. The summed E-state index contributed by atoms with van der Waals surface area (Å²) in [7, 11) is 1.34. The van der Waals surface area contributed by atoms with E-state index in [9.17, 15) is 14.0 Å². The third kappa shape index (κ3) is 5.05. The number of anilines is 2. The van der Waals surface area contributed by atoms with Crippen LogP contribution in [0.15, 0.2) is 24.5 Å². The normalized spacial score (nSPS) is 18.1. The first-order chi connectivity index (χ1) is 15.9. The molecule has 1 aromatic carbocycles. The summed E-state index contributed by atoms with van der Waals surface area (Å²) in [6.07, 6.45) is 4.44. The van der Waals surface area contributed by atoms with E-state index in [0.717, 1.165) is 25.7 Å². The smallest absolute Gasteiger partial charge is 0.348 e. The predicted octanol–water partition coefficient (Wildman–Crippen LogP) is 4.50. The van der Waals surface area contributed by atoms with E-state index in [1.165, 1.54) is 43.8 Å². The van der Waals surface area contributed by atoms with Gasteiger partial charge in [-0.3, -0.25) is 4.79 Å². The van der Waals surface area contributed by atoms with E-state index in [2.05, 4.69) is 20.6 Å². The number of hydrogen-bond acceptors (Lipinski definition) is 8. The van der Waals surface area contributed by atoms with Gasteiger partial charge in [-0.05, 0) is 50.3 Å². The number of esters is 1. The molecule has 0 spiro atoms. The molecule has 1 amide bonds. The number of ether oxygens (including phenoxy) is 2. The van der Waals surface area contributed by atoms with Gasteiger partial charge in [0.1, 0.15) is 33.4 Å². The highest BCUT2D eigenvalue weighted by atomic mass is 32.1. The molecule has 0 saturated heterocycles. The predicted molar refractivity (Wildman–Crippen MR) is 124 cm³/mol. The second-order valence-electron chi connectivity index (χ2n) is 8.01. The standard InChI is InChI=1S/C23H25FN4O4S/c1-12-19-21(25-11-26-22(19)33-20(12)23(30)31-3)28-17-9-4-14(24)10-18(17)32-16-7-5-15(6-8-16)27-13(2)29/h4,9-11,15-16H,5-8H2,1-3H3,(H,27,29)(H,25,26,28)/t15-,16-. The van der Waals surface area contributed by atoms with Crippen LogP contribution in [-0.2, 0) is 9.53 Å². The average Bonchev–Trinajstić information content (AvgIpc) is 3.13. The molecule has 0 atom stereocenters. The third-order valence-electron chi connectivity index (χ3n) is 5.67. The zero-order valence-electron chi connectivity index (χ0n) is 18.6. The highest BCUT2D eigenvalue weighted by Gasteiger charge is 2.25. The minimum atomic E-state index is -0.429. The van der Waals surface area contributed by atoms with Crippen LogP contribution in [0.5, 0.6) is 5.75 Å². The number of hydrogen-bond donors (Lipinski definition) is 2. The lowest BCUT2D eigenvalue weighted by atomic mass is 9.93. The Morgan fingerprint density at radius 2 is 1.94 bits per heavy atom. The second kappa shape index (κ2) is 9.70. The highest BCUT2D eigenvalue weighted by Crippen LogP contribution is 2.37. The van der Waals surface area contributed by atoms with Crippen LogP contribution in [0.3, 0.4) is 0 Å². The van der Waals surface area contributed by atoms with E-state index in [-0.39, 0.29) is 18.1 Å². The largest absolute Gasteiger partial charge is 0.488 e. The Kier molecular flexibility index (Phi) is 6.73. The van der Waals surface area contributed by atoms with Gasteiger partial charge in [0.15, 0.2) is 0 Å². The van der Waals surface area contributed by atoms with Crippen molar-refractivity contribution in [1.82, 2.24) is 15.3 Å². The molecular weight excluding hydrogens is 447 g/mol. The van der Waals surface area contributed by atoms with Gasteiger partial charge in [0.05, 0.1) is 24.3 Å². The summed E-state index contributed by atoms with van der Waals surface area (Å²) in [6, 6.07) is 4.44. The SMILES string of the molecule is COC(=O)c1sc2ncnc(Nc3ccc(F)cc3O[C@H]3CC[C@H](NC(C)=O)CC3)c2c1C. The number of nitrogens with one attached hydrogen (secondary N) is 2. The molecule has 0 aliphatic heterocycles. The summed E-state index contributed by atoms with van der Waals surface area (Å²) < 4.78 is 25.1. The summed E-state index contributed by atoms with van der Waals surface area (Å²) in [4.78, 5) is 33.1. The summed E-state index contributed by atoms with van der Waals surface area (Å²) in [5.41, 5.74) is 1.27. The van der Waals surface area contributed by atoms with Gasteiger partial charge in [-0.2, -0.15) is 0 Å². The number of carbonyl (C=O) groups is 2. The lowest BCUT2D eigenvalue weighted by Gasteiger charge is -2.30. The lowest BCUT2D eigenvalue weighted by Crippen LogP contribution is -2.38. The molecule has 2 aromatic heterocycles. The molecule has 0 radical (unpaired) electrons. The van der Waals surface area contributed by atoms with Crippen molar-refractivity contribution in [3.63, 3.8) is 0 Å². The van der Waals surface area contributed by atoms with E-state index < -0.39 is 11.8 Å². The molecule has 4 rings (SSSR count). The maximum atomic E-state index is 14.1. The fraction of sp³-hybridized carbons (Fsp3) is 0.391. The number of thiophene rings is 1. The fourth-order valence-electron chi connectivity index (χ4n) is 4.07. The fourth-order valence-corrected chi connectivity index (χ4v) is 5.14. The number of halogens is 1. The molecule has 0 unspecified atom stereocenters. The molecule has 8 nitrogen and oxygen atoms in total. The highest BCUT2D eigenvalue weighted by molar-refractivity contribution is 7.20. The van der Waals surface area contributed by atoms with Crippen LogP contribution in [0.4, 0.5) is 15.9 Å². The molecule has 3 aromatic rings. The molecule has 2 N–H and O–H groups in total. The van der Waals surface area contributed by atoms with Crippen molar-refractivity contribution in [2.75, 3.05) is 12.4 Å². The third-order valence-corrected chi connectivity index (χ3v) is 6.85. The van der Waals surface area contributed by atoms with Crippen molar-refractivity contribution in [1.29, 1.82) is 0 Å². The zero-order valence-corrected chi connectivity index (χ0v) is 19.4. The summed E-state index contributed by atoms with van der Waals surface area (Å²) in [6.45, 7) is 3.33. The Labute approximate surface area is 194 Å². The van der Waals surface area contributed by atoms with Crippen molar-refractivity contribution in [2.45, 2.75) is 51.7 Å². The van der Waals surface area contributed by atoms with Crippen LogP contribution in [0.25, 0.3) is 10.2 Å². The van der Waals surface area contributed by atoms with Crippen molar-refractivity contribution >= 4 is 44.9 Å². The Hall–Kier alpha value is -3.27. The van der Waals surface area contributed by atoms with Crippen molar-refractivity contribution in [2.24, 2.45) is 0 Å². The molecule has 1 saturated carbocycles. The molecule has 0 bridgehead atoms. The van der Waals surface area contributed by atoms with E-state index >= 15 is 0 Å². The monoisotopic (exact) mass is 472 g/mol. The van der Waals surface area contributed by atoms with Gasteiger partial charge in [0.25, 0.3) is 0 Å². The van der Waals surface area contributed by atoms with Gasteiger partial charge in [-0.1, -0.05) is 0 Å². The van der Waals surface area contributed by atoms with Gasteiger partial charge < -0.3 is 20.1 Å². The van der Waals surface area contributed by atoms with Crippen molar-refractivity contribution in [3.05, 3.63) is 40.8 Å².